The third kappa shape index (κ3) is 1.17. The minimum atomic E-state index is -2.36. The second kappa shape index (κ2) is 2.43. The van der Waals surface area contributed by atoms with Crippen molar-refractivity contribution in [2.45, 2.75) is 46.0 Å². The molecule has 0 aromatic carbocycles. The number of alkyl halides is 2. The Morgan fingerprint density at radius 1 is 1.36 bits per heavy atom. The van der Waals surface area contributed by atoms with E-state index in [0.717, 1.165) is 6.42 Å². The number of rotatable bonds is 3. The molecule has 1 unspecified atom stereocenters. The van der Waals surface area contributed by atoms with Gasteiger partial charge in [-0.15, -0.1) is 0 Å². The Labute approximate surface area is 67.0 Å². The molecule has 0 heterocycles. The van der Waals surface area contributed by atoms with Crippen molar-refractivity contribution in [2.75, 3.05) is 0 Å². The molecule has 0 nitrogen and oxygen atoms in total. The van der Waals surface area contributed by atoms with Gasteiger partial charge in [-0.3, -0.25) is 0 Å². The molecule has 66 valence electrons. The largest absolute Gasteiger partial charge is 0.254 e. The smallest absolute Gasteiger partial charge is 0.206 e. The summed E-state index contributed by atoms with van der Waals surface area (Å²) in [5.74, 6) is -2.24. The maximum Gasteiger partial charge on any atom is 0.254 e. The molecule has 1 aliphatic rings. The topological polar surface area (TPSA) is 0 Å². The average Bonchev–Trinajstić information content (AvgIpc) is 2.36. The van der Waals surface area contributed by atoms with Crippen molar-refractivity contribution < 1.29 is 8.78 Å². The second-order valence-corrected chi connectivity index (χ2v) is 3.94. The Morgan fingerprint density at radius 3 is 1.91 bits per heavy atom. The van der Waals surface area contributed by atoms with Crippen LogP contribution in [0, 0.1) is 11.3 Å². The van der Waals surface area contributed by atoms with E-state index >= 15 is 0 Å². The first-order chi connectivity index (χ1) is 4.96. The first-order valence-electron chi connectivity index (χ1n) is 4.34. The van der Waals surface area contributed by atoms with Crippen molar-refractivity contribution in [2.24, 2.45) is 11.3 Å². The molecule has 0 radical (unpaired) electrons. The van der Waals surface area contributed by atoms with E-state index in [1.807, 2.05) is 20.8 Å². The summed E-state index contributed by atoms with van der Waals surface area (Å²) >= 11 is 0. The molecule has 1 aliphatic carbocycles. The van der Waals surface area contributed by atoms with Crippen LogP contribution in [0.1, 0.15) is 40.0 Å². The van der Waals surface area contributed by atoms with Gasteiger partial charge in [0.05, 0.1) is 0 Å². The van der Waals surface area contributed by atoms with Gasteiger partial charge in [0.2, 0.25) is 0 Å². The molecule has 0 aromatic rings. The van der Waals surface area contributed by atoms with Gasteiger partial charge in [0, 0.05) is 11.8 Å². The second-order valence-electron chi connectivity index (χ2n) is 3.94. The first kappa shape index (κ1) is 8.95. The van der Waals surface area contributed by atoms with Crippen molar-refractivity contribution in [3.05, 3.63) is 0 Å². The number of hydrogen-bond donors (Lipinski definition) is 0. The lowest BCUT2D eigenvalue weighted by molar-refractivity contribution is 0.0404. The molecule has 0 amide bonds. The van der Waals surface area contributed by atoms with Crippen molar-refractivity contribution in [1.82, 2.24) is 0 Å². The molecular weight excluding hydrogens is 146 g/mol. The molecular formula is C9H16F2. The number of halogens is 2. The van der Waals surface area contributed by atoms with Crippen LogP contribution in [-0.4, -0.2) is 5.92 Å². The van der Waals surface area contributed by atoms with E-state index in [1.165, 1.54) is 0 Å². The highest BCUT2D eigenvalue weighted by Crippen LogP contribution is 2.67. The molecule has 0 N–H and O–H groups in total. The lowest BCUT2D eigenvalue weighted by Gasteiger charge is -2.19. The highest BCUT2D eigenvalue weighted by Gasteiger charge is 2.71. The summed E-state index contributed by atoms with van der Waals surface area (Å²) in [6.07, 6.45) is 1.66. The molecule has 1 rings (SSSR count). The molecule has 0 bridgehead atoms. The lowest BCUT2D eigenvalue weighted by Crippen LogP contribution is -2.17. The van der Waals surface area contributed by atoms with Gasteiger partial charge in [-0.1, -0.05) is 27.2 Å². The van der Waals surface area contributed by atoms with E-state index in [4.69, 9.17) is 0 Å². The Bertz CT molecular complexity index is 152. The quantitative estimate of drug-likeness (QED) is 0.596. The molecule has 1 fully saturated rings. The Morgan fingerprint density at radius 2 is 1.82 bits per heavy atom. The zero-order valence-corrected chi connectivity index (χ0v) is 7.45. The van der Waals surface area contributed by atoms with Crippen molar-refractivity contribution in [3.8, 4) is 0 Å². The monoisotopic (exact) mass is 162 g/mol. The molecule has 0 spiro atoms. The van der Waals surface area contributed by atoms with E-state index in [1.54, 1.807) is 0 Å². The van der Waals surface area contributed by atoms with E-state index in [9.17, 15) is 8.78 Å². The molecule has 0 aliphatic heterocycles. The SMILES string of the molecule is CCCC1(C(C)C)CC1(F)F. The van der Waals surface area contributed by atoms with Gasteiger partial charge in [0.1, 0.15) is 0 Å². The predicted molar refractivity (Wildman–Crippen MR) is 41.7 cm³/mol. The van der Waals surface area contributed by atoms with Crippen LogP contribution in [0.5, 0.6) is 0 Å². The summed E-state index contributed by atoms with van der Waals surface area (Å²) < 4.78 is 25.8. The third-order valence-corrected chi connectivity index (χ3v) is 2.94. The molecule has 0 aromatic heterocycles. The summed E-state index contributed by atoms with van der Waals surface area (Å²) in [5, 5.41) is 0. The molecule has 1 atom stereocenters. The van der Waals surface area contributed by atoms with Gasteiger partial charge in [-0.25, -0.2) is 8.78 Å². The van der Waals surface area contributed by atoms with E-state index in [-0.39, 0.29) is 12.3 Å². The minimum Gasteiger partial charge on any atom is -0.206 e. The summed E-state index contributed by atoms with van der Waals surface area (Å²) in [6.45, 7) is 5.77. The van der Waals surface area contributed by atoms with Gasteiger partial charge >= 0.3 is 0 Å². The normalized spacial score (nSPS) is 34.4. The van der Waals surface area contributed by atoms with Gasteiger partial charge in [0.25, 0.3) is 5.92 Å². The van der Waals surface area contributed by atoms with Crippen molar-refractivity contribution in [3.63, 3.8) is 0 Å². The maximum atomic E-state index is 12.9. The summed E-state index contributed by atoms with van der Waals surface area (Å²) in [7, 11) is 0. The lowest BCUT2D eigenvalue weighted by atomic mass is 9.87. The standard InChI is InChI=1S/C9H16F2/c1-4-5-8(7(2)3)6-9(8,10)11/h7H,4-6H2,1-3H3. The highest BCUT2D eigenvalue weighted by atomic mass is 19.3. The summed E-state index contributed by atoms with van der Waals surface area (Å²) in [4.78, 5) is 0. The van der Waals surface area contributed by atoms with Crippen LogP contribution >= 0.6 is 0 Å². The van der Waals surface area contributed by atoms with Crippen LogP contribution in [0.2, 0.25) is 0 Å². The minimum absolute atomic E-state index is 0.117. The molecule has 0 saturated heterocycles. The van der Waals surface area contributed by atoms with E-state index in [2.05, 4.69) is 0 Å². The van der Waals surface area contributed by atoms with Gasteiger partial charge in [-0.2, -0.15) is 0 Å². The van der Waals surface area contributed by atoms with Crippen LogP contribution in [0.4, 0.5) is 8.78 Å². The fourth-order valence-corrected chi connectivity index (χ4v) is 1.98. The predicted octanol–water partition coefficient (Wildman–Crippen LogP) is 3.47. The van der Waals surface area contributed by atoms with Crippen LogP contribution in [0.15, 0.2) is 0 Å². The van der Waals surface area contributed by atoms with Crippen LogP contribution in [0.25, 0.3) is 0 Å². The van der Waals surface area contributed by atoms with Gasteiger partial charge in [0.15, 0.2) is 0 Å². The fourth-order valence-electron chi connectivity index (χ4n) is 1.98. The van der Waals surface area contributed by atoms with Crippen molar-refractivity contribution in [1.29, 1.82) is 0 Å². The average molecular weight is 162 g/mol. The molecule has 2 heteroatoms. The number of hydrogen-bond acceptors (Lipinski definition) is 0. The maximum absolute atomic E-state index is 12.9. The fraction of sp³-hybridized carbons (Fsp3) is 1.00. The first-order valence-corrected chi connectivity index (χ1v) is 4.34. The Kier molecular flexibility index (Phi) is 1.97. The highest BCUT2D eigenvalue weighted by molar-refractivity contribution is 5.11. The zero-order chi connectivity index (χ0) is 8.70. The summed E-state index contributed by atoms with van der Waals surface area (Å²) in [5.41, 5.74) is -0.637. The van der Waals surface area contributed by atoms with E-state index < -0.39 is 11.3 Å². The van der Waals surface area contributed by atoms with Gasteiger partial charge in [-0.05, 0) is 12.3 Å². The third-order valence-electron chi connectivity index (χ3n) is 2.94. The Hall–Kier alpha value is -0.140. The van der Waals surface area contributed by atoms with Crippen LogP contribution < -0.4 is 0 Å². The zero-order valence-electron chi connectivity index (χ0n) is 7.45. The Balaban J connectivity index is 2.63. The van der Waals surface area contributed by atoms with Crippen LogP contribution in [-0.2, 0) is 0 Å². The van der Waals surface area contributed by atoms with Crippen molar-refractivity contribution >= 4 is 0 Å². The van der Waals surface area contributed by atoms with E-state index in [0.29, 0.717) is 6.42 Å². The van der Waals surface area contributed by atoms with Crippen LogP contribution in [0.3, 0.4) is 0 Å². The summed E-state index contributed by atoms with van der Waals surface area (Å²) in [6, 6.07) is 0. The molecule has 11 heavy (non-hydrogen) atoms. The van der Waals surface area contributed by atoms with Gasteiger partial charge < -0.3 is 0 Å². The molecule has 1 saturated carbocycles.